The number of amides is 1. The number of methoxy groups -OCH3 is 2. The van der Waals surface area contributed by atoms with Gasteiger partial charge in [-0.2, -0.15) is 0 Å². The highest BCUT2D eigenvalue weighted by Gasteiger charge is 2.41. The van der Waals surface area contributed by atoms with Crippen LogP contribution in [-0.4, -0.2) is 55.6 Å². The van der Waals surface area contributed by atoms with Crippen molar-refractivity contribution in [3.05, 3.63) is 23.8 Å². The lowest BCUT2D eigenvalue weighted by molar-refractivity contribution is -0.141. The number of hydrogen-bond donors (Lipinski definition) is 0. The standard InChI is InChI=1S/C21H30N2O3/c1-25-19-8-16(9-20(10-19)26-2)11-22-13-17-6-7-18(14-22)23(21(17)24)12-15-4-3-5-15/h8-10,15,17-18H,3-7,11-14H2,1-2H3. The second kappa shape index (κ2) is 7.47. The van der Waals surface area contributed by atoms with Gasteiger partial charge in [0.25, 0.3) is 0 Å². The summed E-state index contributed by atoms with van der Waals surface area (Å²) in [6.07, 6.45) is 6.14. The average Bonchev–Trinajstić information content (AvgIpc) is 2.88. The highest BCUT2D eigenvalue weighted by atomic mass is 16.5. The molecule has 26 heavy (non-hydrogen) atoms. The van der Waals surface area contributed by atoms with Crippen molar-refractivity contribution in [1.29, 1.82) is 0 Å². The smallest absolute Gasteiger partial charge is 0.227 e. The van der Waals surface area contributed by atoms with Gasteiger partial charge in [0.05, 0.1) is 20.1 Å². The molecule has 0 spiro atoms. The first-order valence-corrected chi connectivity index (χ1v) is 9.91. The number of carbonyl (C=O) groups is 1. The first-order valence-electron chi connectivity index (χ1n) is 9.91. The molecule has 4 fully saturated rings. The van der Waals surface area contributed by atoms with Crippen LogP contribution in [0, 0.1) is 11.8 Å². The summed E-state index contributed by atoms with van der Waals surface area (Å²) in [5.74, 6) is 2.95. The predicted molar refractivity (Wildman–Crippen MR) is 100 cm³/mol. The molecule has 1 aliphatic carbocycles. The van der Waals surface area contributed by atoms with Gasteiger partial charge in [-0.1, -0.05) is 6.42 Å². The van der Waals surface area contributed by atoms with Crippen LogP contribution in [0.15, 0.2) is 18.2 Å². The average molecular weight is 358 g/mol. The Morgan fingerprint density at radius 3 is 2.35 bits per heavy atom. The molecule has 2 atom stereocenters. The monoisotopic (exact) mass is 358 g/mol. The minimum atomic E-state index is 0.168. The largest absolute Gasteiger partial charge is 0.497 e. The highest BCUT2D eigenvalue weighted by Crippen LogP contribution is 2.34. The molecular formula is C21H30N2O3. The molecule has 3 aliphatic heterocycles. The van der Waals surface area contributed by atoms with E-state index in [1.54, 1.807) is 14.2 Å². The quantitative estimate of drug-likeness (QED) is 0.784. The van der Waals surface area contributed by atoms with E-state index in [1.807, 2.05) is 6.07 Å². The van der Waals surface area contributed by atoms with Gasteiger partial charge in [0, 0.05) is 38.3 Å². The Bertz CT molecular complexity index is 636. The topological polar surface area (TPSA) is 42.0 Å². The maximum Gasteiger partial charge on any atom is 0.227 e. The lowest BCUT2D eigenvalue weighted by atomic mass is 9.83. The van der Waals surface area contributed by atoms with Crippen LogP contribution in [0.25, 0.3) is 0 Å². The fourth-order valence-electron chi connectivity index (χ4n) is 4.67. The predicted octanol–water partition coefficient (Wildman–Crippen LogP) is 2.93. The van der Waals surface area contributed by atoms with E-state index in [4.69, 9.17) is 9.47 Å². The molecular weight excluding hydrogens is 328 g/mol. The van der Waals surface area contributed by atoms with Crippen LogP contribution in [-0.2, 0) is 11.3 Å². The van der Waals surface area contributed by atoms with E-state index in [-0.39, 0.29) is 5.92 Å². The van der Waals surface area contributed by atoms with Gasteiger partial charge in [-0.3, -0.25) is 9.69 Å². The van der Waals surface area contributed by atoms with Crippen LogP contribution in [0.4, 0.5) is 0 Å². The summed E-state index contributed by atoms with van der Waals surface area (Å²) >= 11 is 0. The van der Waals surface area contributed by atoms with Crippen molar-refractivity contribution in [3.63, 3.8) is 0 Å². The SMILES string of the molecule is COc1cc(CN2CC3CCC(C2)N(CC2CCC2)C3=O)cc(OC)c1. The molecule has 5 heteroatoms. The molecule has 0 radical (unpaired) electrons. The summed E-state index contributed by atoms with van der Waals surface area (Å²) in [5.41, 5.74) is 1.18. The molecule has 4 aliphatic rings. The Morgan fingerprint density at radius 1 is 1.00 bits per heavy atom. The number of piperidine rings is 1. The molecule has 1 aromatic carbocycles. The maximum absolute atomic E-state index is 12.9. The van der Waals surface area contributed by atoms with E-state index in [2.05, 4.69) is 21.9 Å². The second-order valence-corrected chi connectivity index (χ2v) is 8.13. The van der Waals surface area contributed by atoms with Crippen LogP contribution >= 0.6 is 0 Å². The van der Waals surface area contributed by atoms with Crippen molar-refractivity contribution in [2.75, 3.05) is 33.9 Å². The van der Waals surface area contributed by atoms with Crippen LogP contribution < -0.4 is 9.47 Å². The minimum Gasteiger partial charge on any atom is -0.497 e. The Kier molecular flexibility index (Phi) is 5.07. The normalized spacial score (nSPS) is 26.5. The molecule has 2 bridgehead atoms. The third-order valence-corrected chi connectivity index (χ3v) is 6.37. The van der Waals surface area contributed by atoms with Gasteiger partial charge in [0.1, 0.15) is 11.5 Å². The lowest BCUT2D eigenvalue weighted by Crippen LogP contribution is -2.50. The molecule has 2 unspecified atom stereocenters. The van der Waals surface area contributed by atoms with E-state index in [9.17, 15) is 4.79 Å². The molecule has 0 N–H and O–H groups in total. The summed E-state index contributed by atoms with van der Waals surface area (Å²) in [5, 5.41) is 0. The highest BCUT2D eigenvalue weighted by molar-refractivity contribution is 5.80. The van der Waals surface area contributed by atoms with Crippen molar-refractivity contribution in [2.24, 2.45) is 11.8 Å². The number of rotatable bonds is 6. The van der Waals surface area contributed by atoms with Crippen LogP contribution in [0.3, 0.4) is 0 Å². The first-order chi connectivity index (χ1) is 12.7. The van der Waals surface area contributed by atoms with Crippen molar-refractivity contribution < 1.29 is 14.3 Å². The molecule has 1 aromatic rings. The summed E-state index contributed by atoms with van der Waals surface area (Å²) in [6.45, 7) is 3.68. The summed E-state index contributed by atoms with van der Waals surface area (Å²) < 4.78 is 10.8. The van der Waals surface area contributed by atoms with E-state index < -0.39 is 0 Å². The van der Waals surface area contributed by atoms with Crippen molar-refractivity contribution in [3.8, 4) is 11.5 Å². The number of hydrogen-bond acceptors (Lipinski definition) is 4. The van der Waals surface area contributed by atoms with Gasteiger partial charge < -0.3 is 14.4 Å². The molecule has 1 saturated carbocycles. The summed E-state index contributed by atoms with van der Waals surface area (Å²) in [7, 11) is 3.36. The maximum atomic E-state index is 12.9. The zero-order valence-corrected chi connectivity index (χ0v) is 15.9. The van der Waals surface area contributed by atoms with Gasteiger partial charge in [-0.25, -0.2) is 0 Å². The van der Waals surface area contributed by atoms with Gasteiger partial charge >= 0.3 is 0 Å². The number of fused-ring (bicyclic) bond motifs is 4. The fourth-order valence-corrected chi connectivity index (χ4v) is 4.67. The second-order valence-electron chi connectivity index (χ2n) is 8.13. The van der Waals surface area contributed by atoms with Crippen molar-refractivity contribution >= 4 is 5.91 Å². The third-order valence-electron chi connectivity index (χ3n) is 6.37. The van der Waals surface area contributed by atoms with Crippen LogP contribution in [0.1, 0.15) is 37.7 Å². The minimum absolute atomic E-state index is 0.168. The Morgan fingerprint density at radius 2 is 1.73 bits per heavy atom. The van der Waals surface area contributed by atoms with E-state index in [0.717, 1.165) is 56.4 Å². The van der Waals surface area contributed by atoms with Crippen molar-refractivity contribution in [2.45, 2.75) is 44.7 Å². The number of nitrogens with zero attached hydrogens (tertiary/aromatic N) is 2. The van der Waals surface area contributed by atoms with Gasteiger partial charge in [-0.15, -0.1) is 0 Å². The Labute approximate surface area is 156 Å². The number of ether oxygens (including phenoxy) is 2. The first kappa shape index (κ1) is 17.7. The van der Waals surface area contributed by atoms with Crippen LogP contribution in [0.5, 0.6) is 11.5 Å². The molecule has 142 valence electrons. The van der Waals surface area contributed by atoms with E-state index >= 15 is 0 Å². The van der Waals surface area contributed by atoms with Crippen LogP contribution in [0.2, 0.25) is 0 Å². The van der Waals surface area contributed by atoms with Gasteiger partial charge in [0.15, 0.2) is 0 Å². The third kappa shape index (κ3) is 3.54. The Balaban J connectivity index is 1.48. The fraction of sp³-hybridized carbons (Fsp3) is 0.667. The lowest BCUT2D eigenvalue weighted by Gasteiger charge is -2.40. The molecule has 1 amide bonds. The Hall–Kier alpha value is -1.75. The zero-order chi connectivity index (χ0) is 18.1. The summed E-state index contributed by atoms with van der Waals surface area (Å²) in [6, 6.07) is 6.43. The van der Waals surface area contributed by atoms with Gasteiger partial charge in [-0.05, 0) is 49.3 Å². The van der Waals surface area contributed by atoms with Crippen molar-refractivity contribution in [1.82, 2.24) is 9.80 Å². The molecule has 5 nitrogen and oxygen atoms in total. The van der Waals surface area contributed by atoms with E-state index in [0.29, 0.717) is 11.9 Å². The molecule has 0 aromatic heterocycles. The molecule has 5 rings (SSSR count). The molecule has 3 saturated heterocycles. The molecule has 3 heterocycles. The van der Waals surface area contributed by atoms with E-state index in [1.165, 1.54) is 24.8 Å². The summed E-state index contributed by atoms with van der Waals surface area (Å²) in [4.78, 5) is 17.6. The van der Waals surface area contributed by atoms with Gasteiger partial charge in [0.2, 0.25) is 5.91 Å². The number of benzene rings is 1. The zero-order valence-electron chi connectivity index (χ0n) is 15.9. The number of carbonyl (C=O) groups excluding carboxylic acids is 1.